The van der Waals surface area contributed by atoms with Gasteiger partial charge in [-0.15, -0.1) is 0 Å². The number of aliphatic hydroxyl groups excluding tert-OH is 1. The smallest absolute Gasteiger partial charge is 0.0643 e. The van der Waals surface area contributed by atoms with E-state index >= 15 is 0 Å². The zero-order valence-corrected chi connectivity index (χ0v) is 16.9. The first kappa shape index (κ1) is 19.6. The Balaban J connectivity index is 1.44. The lowest BCUT2D eigenvalue weighted by Gasteiger charge is -2.31. The molecule has 2 aromatic carbocycles. The molecule has 1 fully saturated rings. The summed E-state index contributed by atoms with van der Waals surface area (Å²) in [6, 6.07) is 17.7. The van der Waals surface area contributed by atoms with Crippen LogP contribution in [0.25, 0.3) is 0 Å². The van der Waals surface area contributed by atoms with Crippen molar-refractivity contribution in [3.05, 3.63) is 70.8 Å². The molecule has 0 aromatic heterocycles. The van der Waals surface area contributed by atoms with Gasteiger partial charge >= 0.3 is 0 Å². The minimum absolute atomic E-state index is 0.0932. The van der Waals surface area contributed by atoms with Gasteiger partial charge in [-0.3, -0.25) is 0 Å². The van der Waals surface area contributed by atoms with E-state index in [4.69, 9.17) is 10.5 Å². The van der Waals surface area contributed by atoms with Crippen molar-refractivity contribution in [1.82, 2.24) is 0 Å². The first-order valence-corrected chi connectivity index (χ1v) is 10.7. The quantitative estimate of drug-likeness (QED) is 0.797. The fraction of sp³-hybridized carbons (Fsp3) is 0.520. The number of hydrogen-bond acceptors (Lipinski definition) is 3. The molecule has 4 atom stereocenters. The van der Waals surface area contributed by atoms with Gasteiger partial charge in [0.25, 0.3) is 0 Å². The molecule has 28 heavy (non-hydrogen) atoms. The highest BCUT2D eigenvalue weighted by molar-refractivity contribution is 5.37. The molecule has 4 rings (SSSR count). The molecule has 3 heteroatoms. The van der Waals surface area contributed by atoms with Gasteiger partial charge in [0.2, 0.25) is 0 Å². The van der Waals surface area contributed by atoms with Crippen LogP contribution in [0.1, 0.15) is 53.9 Å². The lowest BCUT2D eigenvalue weighted by Crippen LogP contribution is -2.40. The van der Waals surface area contributed by atoms with E-state index in [-0.39, 0.29) is 18.2 Å². The maximum absolute atomic E-state index is 9.56. The molecular formula is C25H33NO2. The summed E-state index contributed by atoms with van der Waals surface area (Å²) in [5, 5.41) is 9.56. The van der Waals surface area contributed by atoms with Crippen molar-refractivity contribution >= 4 is 0 Å². The van der Waals surface area contributed by atoms with Gasteiger partial charge in [-0.05, 0) is 79.0 Å². The number of benzene rings is 2. The van der Waals surface area contributed by atoms with Crippen LogP contribution < -0.4 is 5.73 Å². The normalized spacial score (nSPS) is 28.1. The van der Waals surface area contributed by atoms with E-state index in [1.807, 2.05) is 7.11 Å². The van der Waals surface area contributed by atoms with Crippen molar-refractivity contribution in [2.24, 2.45) is 11.7 Å². The fourth-order valence-electron chi connectivity index (χ4n) is 5.25. The lowest BCUT2D eigenvalue weighted by molar-refractivity contribution is 0.0466. The van der Waals surface area contributed by atoms with Crippen LogP contribution in [0.15, 0.2) is 48.5 Å². The van der Waals surface area contributed by atoms with E-state index in [1.165, 1.54) is 28.7 Å². The SMILES string of the molecule is COC(Cc1ccccc1)[C@@H]1CCc2cc([C@H]3CC[C@@](N)(CO)C3)ccc2C1. The zero-order valence-electron chi connectivity index (χ0n) is 16.9. The Hall–Kier alpha value is -1.68. The topological polar surface area (TPSA) is 55.5 Å². The number of hydrogen-bond donors (Lipinski definition) is 2. The zero-order chi connectivity index (χ0) is 19.6. The van der Waals surface area contributed by atoms with E-state index < -0.39 is 0 Å². The van der Waals surface area contributed by atoms with Crippen LogP contribution in [-0.4, -0.2) is 30.5 Å². The Labute approximate surface area is 168 Å². The minimum Gasteiger partial charge on any atom is -0.394 e. The van der Waals surface area contributed by atoms with Crippen LogP contribution in [0, 0.1) is 5.92 Å². The highest BCUT2D eigenvalue weighted by atomic mass is 16.5. The standard InChI is InChI=1S/C25H33NO2/c1-28-24(13-18-5-3-2-4-6-18)22-10-9-19-14-21(8-7-20(19)15-22)23-11-12-25(26,16-23)17-27/h2-8,14,22-24,27H,9-13,15-17,26H2,1H3/t22-,23+,24?,25+/m1/s1. The third-order valence-electron chi connectivity index (χ3n) is 7.04. The lowest BCUT2D eigenvalue weighted by atomic mass is 9.78. The van der Waals surface area contributed by atoms with Gasteiger partial charge in [0.1, 0.15) is 0 Å². The van der Waals surface area contributed by atoms with E-state index in [0.29, 0.717) is 11.8 Å². The second-order valence-electron chi connectivity index (χ2n) is 8.96. The van der Waals surface area contributed by atoms with Gasteiger partial charge in [0.05, 0.1) is 12.7 Å². The number of aliphatic hydroxyl groups is 1. The molecule has 150 valence electrons. The van der Waals surface area contributed by atoms with Crippen molar-refractivity contribution in [2.45, 2.75) is 62.5 Å². The van der Waals surface area contributed by atoms with E-state index in [0.717, 1.165) is 38.5 Å². The maximum atomic E-state index is 9.56. The number of methoxy groups -OCH3 is 1. The third kappa shape index (κ3) is 4.17. The van der Waals surface area contributed by atoms with Gasteiger partial charge in [0.15, 0.2) is 0 Å². The van der Waals surface area contributed by atoms with Gasteiger partial charge in [-0.25, -0.2) is 0 Å². The molecule has 0 saturated heterocycles. The molecule has 2 aromatic rings. The molecule has 0 spiro atoms. The predicted molar refractivity (Wildman–Crippen MR) is 113 cm³/mol. The Morgan fingerprint density at radius 3 is 2.68 bits per heavy atom. The van der Waals surface area contributed by atoms with Crippen molar-refractivity contribution in [3.63, 3.8) is 0 Å². The summed E-state index contributed by atoms with van der Waals surface area (Å²) in [6.07, 6.45) is 7.57. The molecule has 1 saturated carbocycles. The van der Waals surface area contributed by atoms with Crippen LogP contribution in [0.5, 0.6) is 0 Å². The van der Waals surface area contributed by atoms with Gasteiger partial charge in [-0.2, -0.15) is 0 Å². The highest BCUT2D eigenvalue weighted by Crippen LogP contribution is 2.41. The summed E-state index contributed by atoms with van der Waals surface area (Å²) in [7, 11) is 1.85. The fourth-order valence-corrected chi connectivity index (χ4v) is 5.25. The molecule has 0 heterocycles. The molecule has 3 nitrogen and oxygen atoms in total. The van der Waals surface area contributed by atoms with Crippen molar-refractivity contribution < 1.29 is 9.84 Å². The van der Waals surface area contributed by atoms with Crippen molar-refractivity contribution in [2.75, 3.05) is 13.7 Å². The number of fused-ring (bicyclic) bond motifs is 1. The van der Waals surface area contributed by atoms with E-state index in [2.05, 4.69) is 48.5 Å². The number of nitrogens with two attached hydrogens (primary N) is 1. The molecule has 0 radical (unpaired) electrons. The summed E-state index contributed by atoms with van der Waals surface area (Å²) in [5.41, 5.74) is 11.7. The Morgan fingerprint density at radius 1 is 1.14 bits per heavy atom. The second-order valence-corrected chi connectivity index (χ2v) is 8.96. The largest absolute Gasteiger partial charge is 0.394 e. The van der Waals surface area contributed by atoms with Crippen LogP contribution in [0.2, 0.25) is 0 Å². The van der Waals surface area contributed by atoms with Gasteiger partial charge in [0, 0.05) is 12.6 Å². The molecule has 2 aliphatic rings. The minimum atomic E-state index is -0.380. The Kier molecular flexibility index (Phi) is 5.86. The second kappa shape index (κ2) is 8.36. The summed E-state index contributed by atoms with van der Waals surface area (Å²) >= 11 is 0. The van der Waals surface area contributed by atoms with Gasteiger partial charge < -0.3 is 15.6 Å². The Morgan fingerprint density at radius 2 is 1.96 bits per heavy atom. The first-order valence-electron chi connectivity index (χ1n) is 10.7. The van der Waals surface area contributed by atoms with Crippen LogP contribution in [-0.2, 0) is 24.0 Å². The van der Waals surface area contributed by atoms with Gasteiger partial charge in [-0.1, -0.05) is 48.5 Å². The predicted octanol–water partition coefficient (Wildman–Crippen LogP) is 4.01. The molecule has 0 bridgehead atoms. The number of ether oxygens (including phenoxy) is 1. The summed E-state index contributed by atoms with van der Waals surface area (Å²) in [6.45, 7) is 0.0932. The average molecular weight is 380 g/mol. The van der Waals surface area contributed by atoms with Crippen molar-refractivity contribution in [3.8, 4) is 0 Å². The molecule has 2 aliphatic carbocycles. The summed E-state index contributed by atoms with van der Waals surface area (Å²) in [5.74, 6) is 1.06. The van der Waals surface area contributed by atoms with Crippen LogP contribution >= 0.6 is 0 Å². The van der Waals surface area contributed by atoms with E-state index in [9.17, 15) is 5.11 Å². The third-order valence-corrected chi connectivity index (χ3v) is 7.04. The molecular weight excluding hydrogens is 346 g/mol. The van der Waals surface area contributed by atoms with Crippen LogP contribution in [0.4, 0.5) is 0 Å². The summed E-state index contributed by atoms with van der Waals surface area (Å²) in [4.78, 5) is 0. The van der Waals surface area contributed by atoms with E-state index in [1.54, 1.807) is 0 Å². The highest BCUT2D eigenvalue weighted by Gasteiger charge is 2.36. The van der Waals surface area contributed by atoms with Crippen LogP contribution in [0.3, 0.4) is 0 Å². The summed E-state index contributed by atoms with van der Waals surface area (Å²) < 4.78 is 5.91. The van der Waals surface area contributed by atoms with Crippen molar-refractivity contribution in [1.29, 1.82) is 0 Å². The maximum Gasteiger partial charge on any atom is 0.0643 e. The first-order chi connectivity index (χ1) is 13.6. The molecule has 0 aliphatic heterocycles. The number of rotatable bonds is 6. The number of aryl methyl sites for hydroxylation is 1. The average Bonchev–Trinajstić information content (AvgIpc) is 3.15. The molecule has 1 unspecified atom stereocenters. The monoisotopic (exact) mass is 379 g/mol. The molecule has 0 amide bonds. The molecule has 3 N–H and O–H groups in total. The Bertz CT molecular complexity index is 790.